The van der Waals surface area contributed by atoms with Gasteiger partial charge in [0.05, 0.1) is 6.10 Å². The fourth-order valence-corrected chi connectivity index (χ4v) is 8.37. The highest BCUT2D eigenvalue weighted by Gasteiger charge is 2.71. The van der Waals surface area contributed by atoms with E-state index < -0.39 is 29.2 Å². The van der Waals surface area contributed by atoms with Gasteiger partial charge in [-0.3, -0.25) is 4.79 Å². The van der Waals surface area contributed by atoms with Crippen LogP contribution in [0.25, 0.3) is 0 Å². The molecule has 1 aromatic rings. The summed E-state index contributed by atoms with van der Waals surface area (Å²) in [4.78, 5) is 38.6. The minimum atomic E-state index is -1.61. The molecule has 0 aromatic heterocycles. The zero-order valence-corrected chi connectivity index (χ0v) is 22.2. The molecule has 0 unspecified atom stereocenters. The number of aliphatic hydroxyl groups is 1. The Bertz CT molecular complexity index is 1100. The Morgan fingerprint density at radius 1 is 1.08 bits per heavy atom. The normalized spacial score (nSPS) is 38.5. The predicted octanol–water partition coefficient (Wildman–Crippen LogP) is 5.32. The van der Waals surface area contributed by atoms with Crippen molar-refractivity contribution < 1.29 is 33.7 Å². The van der Waals surface area contributed by atoms with E-state index in [1.807, 2.05) is 37.3 Å². The largest absolute Gasteiger partial charge is 0.509 e. The van der Waals surface area contributed by atoms with Crippen molar-refractivity contribution in [1.82, 2.24) is 0 Å². The maximum Gasteiger partial charge on any atom is 0.509 e. The first kappa shape index (κ1) is 26.2. The predicted molar refractivity (Wildman–Crippen MR) is 135 cm³/mol. The van der Waals surface area contributed by atoms with Gasteiger partial charge in [0.15, 0.2) is 11.8 Å². The molecular formula is C29H35ClO7. The molecule has 7 nitrogen and oxygen atoms in total. The highest BCUT2D eigenvalue weighted by atomic mass is 35.5. The second-order valence-corrected chi connectivity index (χ2v) is 11.8. The van der Waals surface area contributed by atoms with E-state index in [1.54, 1.807) is 6.08 Å². The lowest BCUT2D eigenvalue weighted by Crippen LogP contribution is -2.63. The highest BCUT2D eigenvalue weighted by molar-refractivity contribution is 6.17. The lowest BCUT2D eigenvalue weighted by Gasteiger charge is -2.60. The first-order valence-electron chi connectivity index (χ1n) is 13.2. The van der Waals surface area contributed by atoms with E-state index in [-0.39, 0.29) is 54.5 Å². The Kier molecular flexibility index (Phi) is 6.90. The quantitative estimate of drug-likeness (QED) is 0.406. The van der Waals surface area contributed by atoms with Crippen LogP contribution < -0.4 is 0 Å². The minimum Gasteiger partial charge on any atom is -0.446 e. The van der Waals surface area contributed by atoms with Crippen LogP contribution in [0.2, 0.25) is 0 Å². The van der Waals surface area contributed by atoms with Gasteiger partial charge < -0.3 is 19.3 Å². The van der Waals surface area contributed by atoms with Gasteiger partial charge in [0, 0.05) is 11.8 Å². The fourth-order valence-electron chi connectivity index (χ4n) is 8.27. The van der Waals surface area contributed by atoms with Crippen molar-refractivity contribution in [3.63, 3.8) is 0 Å². The molecular weight excluding hydrogens is 496 g/mol. The third-order valence-electron chi connectivity index (χ3n) is 9.99. The molecule has 1 aromatic carbocycles. The van der Waals surface area contributed by atoms with Crippen molar-refractivity contribution >= 4 is 29.5 Å². The monoisotopic (exact) mass is 530 g/mol. The third kappa shape index (κ3) is 4.19. The molecule has 0 amide bonds. The van der Waals surface area contributed by atoms with Crippen LogP contribution in [0.1, 0.15) is 64.4 Å². The molecule has 7 atom stereocenters. The lowest BCUT2D eigenvalue weighted by molar-refractivity contribution is -0.202. The van der Waals surface area contributed by atoms with Gasteiger partial charge in [-0.05, 0) is 73.3 Å². The number of allylic oxidation sites excluding steroid dienone is 1. The number of halogens is 1. The zero-order chi connectivity index (χ0) is 26.4. The average Bonchev–Trinajstić information content (AvgIpc) is 3.16. The Labute approximate surface area is 222 Å². The number of hydrogen-bond donors (Lipinski definition) is 1. The van der Waals surface area contributed by atoms with E-state index in [0.717, 1.165) is 30.4 Å². The molecule has 3 saturated carbocycles. The first-order chi connectivity index (χ1) is 17.6. The van der Waals surface area contributed by atoms with Crippen LogP contribution in [0.15, 0.2) is 42.0 Å². The number of aliphatic hydroxyl groups excluding tert-OH is 1. The molecule has 0 aliphatic heterocycles. The van der Waals surface area contributed by atoms with E-state index in [4.69, 9.17) is 25.8 Å². The number of carbonyl (C=O) groups is 3. The van der Waals surface area contributed by atoms with Gasteiger partial charge in [0.1, 0.15) is 6.61 Å². The van der Waals surface area contributed by atoms with Crippen molar-refractivity contribution in [3.8, 4) is 0 Å². The van der Waals surface area contributed by atoms with Crippen LogP contribution in [-0.4, -0.2) is 40.8 Å². The summed E-state index contributed by atoms with van der Waals surface area (Å²) in [5, 5.41) is 11.7. The summed E-state index contributed by atoms with van der Waals surface area (Å²) in [5.74, 6) is -0.406. The van der Waals surface area contributed by atoms with Crippen molar-refractivity contribution in [1.29, 1.82) is 0 Å². The summed E-state index contributed by atoms with van der Waals surface area (Å²) in [6, 6.07) is 8.87. The molecule has 0 heterocycles. The zero-order valence-electron chi connectivity index (χ0n) is 21.4. The smallest absolute Gasteiger partial charge is 0.446 e. The van der Waals surface area contributed by atoms with Gasteiger partial charge in [-0.15, -0.1) is 0 Å². The van der Waals surface area contributed by atoms with Crippen LogP contribution in [0.5, 0.6) is 0 Å². The highest BCUT2D eigenvalue weighted by Crippen LogP contribution is 2.68. The summed E-state index contributed by atoms with van der Waals surface area (Å²) >= 11 is 5.78. The Hall–Kier alpha value is -2.38. The number of ether oxygens (including phenoxy) is 3. The number of fused-ring (bicyclic) bond motifs is 5. The van der Waals surface area contributed by atoms with Gasteiger partial charge in [0.25, 0.3) is 0 Å². The Morgan fingerprint density at radius 2 is 1.84 bits per heavy atom. The fraction of sp³-hybridized carbons (Fsp3) is 0.621. The molecule has 0 spiro atoms. The summed E-state index contributed by atoms with van der Waals surface area (Å²) in [5.41, 5.74) is -0.779. The summed E-state index contributed by atoms with van der Waals surface area (Å²) in [7, 11) is 0. The maximum atomic E-state index is 13.5. The molecule has 8 heteroatoms. The van der Waals surface area contributed by atoms with Crippen LogP contribution in [-0.2, 0) is 30.4 Å². The standard InChI is InChI=1S/C29H35ClO7/c1-27-12-10-20(31)14-19(27)8-9-21-22-11-13-29(25(33)36-17-30,28(22,2)15-23(32)24(21)27)37-26(34)35-16-18-6-4-3-5-7-18/h3-7,14,21-24,32H,8-13,15-17H2,1-2H3/t21-,22-,23-,24+,27-,28-,29-/m0/s1. The van der Waals surface area contributed by atoms with E-state index >= 15 is 0 Å². The summed E-state index contributed by atoms with van der Waals surface area (Å²) < 4.78 is 16.6. The number of hydrogen-bond acceptors (Lipinski definition) is 7. The summed E-state index contributed by atoms with van der Waals surface area (Å²) in [6.07, 6.45) is 4.15. The van der Waals surface area contributed by atoms with Crippen molar-refractivity contribution in [3.05, 3.63) is 47.5 Å². The molecule has 0 bridgehead atoms. The van der Waals surface area contributed by atoms with E-state index in [1.165, 1.54) is 0 Å². The molecule has 1 N–H and O–H groups in total. The van der Waals surface area contributed by atoms with Crippen LogP contribution in [0.3, 0.4) is 0 Å². The van der Waals surface area contributed by atoms with Gasteiger partial charge in [-0.2, -0.15) is 0 Å². The average molecular weight is 531 g/mol. The maximum absolute atomic E-state index is 13.5. The Balaban J connectivity index is 1.44. The van der Waals surface area contributed by atoms with Crippen molar-refractivity contribution in [2.24, 2.45) is 28.6 Å². The third-order valence-corrected chi connectivity index (χ3v) is 10.1. The second kappa shape index (κ2) is 9.73. The lowest BCUT2D eigenvalue weighted by atomic mass is 9.45. The topological polar surface area (TPSA) is 99.1 Å². The first-order valence-corrected chi connectivity index (χ1v) is 13.7. The molecule has 4 aliphatic rings. The molecule has 200 valence electrons. The molecule has 37 heavy (non-hydrogen) atoms. The minimum absolute atomic E-state index is 0.0138. The number of benzene rings is 1. The van der Waals surface area contributed by atoms with Crippen LogP contribution in [0.4, 0.5) is 4.79 Å². The van der Waals surface area contributed by atoms with Crippen LogP contribution in [0, 0.1) is 28.6 Å². The van der Waals surface area contributed by atoms with Crippen LogP contribution >= 0.6 is 11.6 Å². The molecule has 5 rings (SSSR count). The molecule has 3 fully saturated rings. The number of alkyl halides is 1. The SMILES string of the molecule is C[C@]12CCC(=O)C=C1CC[C@@H]1[C@@H]2[C@@H](O)C[C@@]2(C)[C@H]1CC[C@]2(OC(=O)OCc1ccccc1)C(=O)OCCl. The van der Waals surface area contributed by atoms with E-state index in [9.17, 15) is 19.5 Å². The Morgan fingerprint density at radius 3 is 2.57 bits per heavy atom. The van der Waals surface area contributed by atoms with Gasteiger partial charge in [-0.25, -0.2) is 9.59 Å². The number of esters is 1. The molecule has 4 aliphatic carbocycles. The second-order valence-electron chi connectivity index (χ2n) is 11.6. The van der Waals surface area contributed by atoms with Gasteiger partial charge >= 0.3 is 12.1 Å². The van der Waals surface area contributed by atoms with Crippen molar-refractivity contribution in [2.75, 3.05) is 6.07 Å². The van der Waals surface area contributed by atoms with Gasteiger partial charge in [0.2, 0.25) is 5.60 Å². The molecule has 0 radical (unpaired) electrons. The number of carbonyl (C=O) groups excluding carboxylic acids is 3. The van der Waals surface area contributed by atoms with E-state index in [2.05, 4.69) is 6.92 Å². The summed E-state index contributed by atoms with van der Waals surface area (Å²) in [6.45, 7) is 4.12. The van der Waals surface area contributed by atoms with Crippen molar-refractivity contribution in [2.45, 2.75) is 77.1 Å². The number of rotatable bonds is 5. The number of ketones is 1. The van der Waals surface area contributed by atoms with Gasteiger partial charge in [-0.1, -0.05) is 61.4 Å². The molecule has 0 saturated heterocycles. The van der Waals surface area contributed by atoms with E-state index in [0.29, 0.717) is 12.8 Å².